The normalized spacial score (nSPS) is 11.3. The molecule has 3 rings (SSSR count). The van der Waals surface area contributed by atoms with Gasteiger partial charge in [0.25, 0.3) is 0 Å². The third-order valence-corrected chi connectivity index (χ3v) is 3.97. The van der Waals surface area contributed by atoms with Gasteiger partial charge in [0, 0.05) is 25.5 Å². The summed E-state index contributed by atoms with van der Waals surface area (Å²) < 4.78 is 1.15. The van der Waals surface area contributed by atoms with Crippen molar-refractivity contribution in [3.63, 3.8) is 0 Å². The van der Waals surface area contributed by atoms with Gasteiger partial charge in [-0.3, -0.25) is 9.88 Å². The molecule has 0 saturated heterocycles. The first kappa shape index (κ1) is 13.0. The van der Waals surface area contributed by atoms with Gasteiger partial charge in [-0.2, -0.15) is 0 Å². The van der Waals surface area contributed by atoms with Gasteiger partial charge in [0.05, 0.1) is 10.2 Å². The summed E-state index contributed by atoms with van der Waals surface area (Å²) in [7, 11) is 2.12. The summed E-state index contributed by atoms with van der Waals surface area (Å²) in [4.78, 5) is 10.6. The number of hydrogen-bond acceptors (Lipinski definition) is 5. The van der Waals surface area contributed by atoms with Crippen molar-refractivity contribution in [1.82, 2.24) is 14.9 Å². The molecule has 3 aromatic rings. The zero-order valence-electron chi connectivity index (χ0n) is 11.3. The molecule has 2 heterocycles. The Hall–Kier alpha value is -1.98. The maximum atomic E-state index is 5.74. The number of rotatable bonds is 4. The van der Waals surface area contributed by atoms with Gasteiger partial charge < -0.3 is 5.73 Å². The number of nitrogens with two attached hydrogens (primary N) is 1. The van der Waals surface area contributed by atoms with E-state index < -0.39 is 0 Å². The second kappa shape index (κ2) is 5.56. The Balaban J connectivity index is 1.72. The largest absolute Gasteiger partial charge is 0.375 e. The molecule has 0 saturated carbocycles. The van der Waals surface area contributed by atoms with Crippen LogP contribution in [0.5, 0.6) is 0 Å². The molecule has 2 aromatic heterocycles. The highest BCUT2D eigenvalue weighted by atomic mass is 32.1. The number of pyridine rings is 1. The van der Waals surface area contributed by atoms with Crippen LogP contribution in [-0.2, 0) is 13.1 Å². The first-order valence-corrected chi connectivity index (χ1v) is 7.25. The fourth-order valence-corrected chi connectivity index (χ4v) is 3.05. The van der Waals surface area contributed by atoms with Gasteiger partial charge in [-0.05, 0) is 42.4 Å². The summed E-state index contributed by atoms with van der Waals surface area (Å²) in [6, 6.07) is 10.4. The molecule has 0 radical (unpaired) electrons. The lowest BCUT2D eigenvalue weighted by atomic mass is 10.2. The van der Waals surface area contributed by atoms with E-state index in [1.54, 1.807) is 0 Å². The van der Waals surface area contributed by atoms with E-state index in [1.807, 2.05) is 30.6 Å². The van der Waals surface area contributed by atoms with Crippen LogP contribution in [-0.4, -0.2) is 21.9 Å². The van der Waals surface area contributed by atoms with Crippen LogP contribution < -0.4 is 5.73 Å². The topological polar surface area (TPSA) is 55.0 Å². The van der Waals surface area contributed by atoms with E-state index in [4.69, 9.17) is 5.73 Å². The Kier molecular flexibility index (Phi) is 3.62. The molecule has 102 valence electrons. The van der Waals surface area contributed by atoms with Gasteiger partial charge in [0.15, 0.2) is 5.13 Å². The average Bonchev–Trinajstić information content (AvgIpc) is 2.79. The fraction of sp³-hybridized carbons (Fsp3) is 0.200. The number of fused-ring (bicyclic) bond motifs is 1. The molecule has 0 fully saturated rings. The van der Waals surface area contributed by atoms with Gasteiger partial charge in [0.2, 0.25) is 0 Å². The molecule has 0 atom stereocenters. The molecule has 0 unspecified atom stereocenters. The van der Waals surface area contributed by atoms with Crippen molar-refractivity contribution < 1.29 is 0 Å². The lowest BCUT2D eigenvalue weighted by molar-refractivity contribution is 0.319. The predicted molar refractivity (Wildman–Crippen MR) is 83.4 cm³/mol. The third kappa shape index (κ3) is 2.95. The number of thiazole rings is 1. The predicted octanol–water partition coefficient (Wildman–Crippen LogP) is 2.91. The smallest absolute Gasteiger partial charge is 0.181 e. The van der Waals surface area contributed by atoms with E-state index in [9.17, 15) is 0 Å². The van der Waals surface area contributed by atoms with Gasteiger partial charge in [-0.15, -0.1) is 0 Å². The molecule has 0 spiro atoms. The molecule has 20 heavy (non-hydrogen) atoms. The number of nitrogen functional groups attached to an aromatic ring is 1. The first-order chi connectivity index (χ1) is 9.70. The van der Waals surface area contributed by atoms with E-state index in [0.29, 0.717) is 5.13 Å². The molecule has 4 nitrogen and oxygen atoms in total. The Labute approximate surface area is 121 Å². The van der Waals surface area contributed by atoms with E-state index in [-0.39, 0.29) is 0 Å². The fourth-order valence-electron chi connectivity index (χ4n) is 2.25. The van der Waals surface area contributed by atoms with Crippen LogP contribution in [0.25, 0.3) is 10.2 Å². The summed E-state index contributed by atoms with van der Waals surface area (Å²) in [6.45, 7) is 1.81. The molecule has 0 aliphatic heterocycles. The van der Waals surface area contributed by atoms with Crippen LogP contribution in [0.3, 0.4) is 0 Å². The van der Waals surface area contributed by atoms with Crippen molar-refractivity contribution in [3.8, 4) is 0 Å². The molecule has 0 aliphatic carbocycles. The maximum absolute atomic E-state index is 5.74. The Morgan fingerprint density at radius 2 is 1.85 bits per heavy atom. The number of hydrogen-bond donors (Lipinski definition) is 1. The highest BCUT2D eigenvalue weighted by Gasteiger charge is 2.05. The van der Waals surface area contributed by atoms with Crippen molar-refractivity contribution in [1.29, 1.82) is 0 Å². The van der Waals surface area contributed by atoms with E-state index in [0.717, 1.165) is 23.3 Å². The highest BCUT2D eigenvalue weighted by molar-refractivity contribution is 7.22. The molecule has 0 bridgehead atoms. The standard InChI is InChI=1S/C15H16N4S/c1-19(9-11-4-6-17-7-5-11)10-12-2-3-13-14(8-12)20-15(16)18-13/h2-8H,9-10H2,1H3,(H2,16,18). The van der Waals surface area contributed by atoms with Crippen LogP contribution in [0.4, 0.5) is 5.13 Å². The van der Waals surface area contributed by atoms with Crippen molar-refractivity contribution in [3.05, 3.63) is 53.9 Å². The van der Waals surface area contributed by atoms with E-state index in [1.165, 1.54) is 22.5 Å². The monoisotopic (exact) mass is 284 g/mol. The molecule has 0 amide bonds. The Bertz CT molecular complexity index is 708. The van der Waals surface area contributed by atoms with Gasteiger partial charge >= 0.3 is 0 Å². The summed E-state index contributed by atoms with van der Waals surface area (Å²) >= 11 is 1.54. The molecule has 0 aliphatic rings. The van der Waals surface area contributed by atoms with Crippen LogP contribution in [0, 0.1) is 0 Å². The lowest BCUT2D eigenvalue weighted by Gasteiger charge is -2.16. The van der Waals surface area contributed by atoms with Crippen LogP contribution >= 0.6 is 11.3 Å². The van der Waals surface area contributed by atoms with Crippen LogP contribution in [0.1, 0.15) is 11.1 Å². The summed E-state index contributed by atoms with van der Waals surface area (Å²) in [6.07, 6.45) is 3.66. The van der Waals surface area contributed by atoms with E-state index >= 15 is 0 Å². The second-order valence-corrected chi connectivity index (χ2v) is 5.94. The minimum atomic E-state index is 0.627. The maximum Gasteiger partial charge on any atom is 0.181 e. The van der Waals surface area contributed by atoms with Gasteiger partial charge in [0.1, 0.15) is 0 Å². The Morgan fingerprint density at radius 3 is 2.65 bits per heavy atom. The summed E-state index contributed by atoms with van der Waals surface area (Å²) in [5.41, 5.74) is 9.26. The number of benzene rings is 1. The average molecular weight is 284 g/mol. The molecule has 2 N–H and O–H groups in total. The second-order valence-electron chi connectivity index (χ2n) is 4.88. The number of nitrogens with zero attached hydrogens (tertiary/aromatic N) is 3. The van der Waals surface area contributed by atoms with Crippen LogP contribution in [0.15, 0.2) is 42.7 Å². The van der Waals surface area contributed by atoms with Crippen molar-refractivity contribution in [2.75, 3.05) is 12.8 Å². The van der Waals surface area contributed by atoms with E-state index in [2.05, 4.69) is 34.0 Å². The van der Waals surface area contributed by atoms with Crippen LogP contribution in [0.2, 0.25) is 0 Å². The Morgan fingerprint density at radius 1 is 1.10 bits per heavy atom. The quantitative estimate of drug-likeness (QED) is 0.800. The molecular formula is C15H16N4S. The third-order valence-electron chi connectivity index (χ3n) is 3.12. The summed E-state index contributed by atoms with van der Waals surface area (Å²) in [5, 5.41) is 0.627. The van der Waals surface area contributed by atoms with Gasteiger partial charge in [-0.25, -0.2) is 4.98 Å². The van der Waals surface area contributed by atoms with Crippen molar-refractivity contribution in [2.45, 2.75) is 13.1 Å². The van der Waals surface area contributed by atoms with Crippen molar-refractivity contribution >= 4 is 26.7 Å². The summed E-state index contributed by atoms with van der Waals surface area (Å²) in [5.74, 6) is 0. The zero-order chi connectivity index (χ0) is 13.9. The SMILES string of the molecule is CN(Cc1ccncc1)Cc1ccc2nc(N)sc2c1. The molecule has 1 aromatic carbocycles. The number of aromatic nitrogens is 2. The zero-order valence-corrected chi connectivity index (χ0v) is 12.1. The minimum Gasteiger partial charge on any atom is -0.375 e. The minimum absolute atomic E-state index is 0.627. The van der Waals surface area contributed by atoms with Crippen molar-refractivity contribution in [2.24, 2.45) is 0 Å². The first-order valence-electron chi connectivity index (χ1n) is 6.43. The highest BCUT2D eigenvalue weighted by Crippen LogP contribution is 2.25. The van der Waals surface area contributed by atoms with Gasteiger partial charge in [-0.1, -0.05) is 17.4 Å². The molecular weight excluding hydrogens is 268 g/mol. The molecule has 5 heteroatoms. The number of anilines is 1. The lowest BCUT2D eigenvalue weighted by Crippen LogP contribution is -2.17.